The van der Waals surface area contributed by atoms with Crippen LogP contribution in [0.25, 0.3) is 10.9 Å². The number of nitrogens with zero attached hydrogens (tertiary/aromatic N) is 3. The lowest BCUT2D eigenvalue weighted by atomic mass is 10.1. The first-order valence-corrected chi connectivity index (χ1v) is 7.63. The maximum Gasteiger partial charge on any atom is 0.149 e. The van der Waals surface area contributed by atoms with Gasteiger partial charge in [-0.05, 0) is 23.8 Å². The monoisotopic (exact) mass is 277 g/mol. The average molecular weight is 277 g/mol. The van der Waals surface area contributed by atoms with E-state index in [-0.39, 0.29) is 5.82 Å². The third-order valence-corrected chi connectivity index (χ3v) is 4.61. The molecule has 1 saturated heterocycles. The Kier molecular flexibility index (Phi) is 3.55. The molecular formula is C14H16FN3S. The summed E-state index contributed by atoms with van der Waals surface area (Å²) in [5, 5.41) is 0.807. The number of thioether (sulfide) groups is 1. The van der Waals surface area contributed by atoms with Crippen molar-refractivity contribution in [3.05, 3.63) is 30.3 Å². The average Bonchev–Trinajstić information content (AvgIpc) is 2.63. The fraction of sp³-hybridized carbons (Fsp3) is 0.429. The molecule has 0 bridgehead atoms. The minimum absolute atomic E-state index is 0.279. The van der Waals surface area contributed by atoms with Crippen LogP contribution in [0, 0.1) is 11.7 Å². The zero-order chi connectivity index (χ0) is 13.2. The van der Waals surface area contributed by atoms with Gasteiger partial charge in [0.2, 0.25) is 0 Å². The van der Waals surface area contributed by atoms with Crippen LogP contribution in [0.5, 0.6) is 0 Å². The molecule has 3 rings (SSSR count). The molecular weight excluding hydrogens is 261 g/mol. The number of fused-ring (bicyclic) bond motifs is 1. The highest BCUT2D eigenvalue weighted by atomic mass is 32.2. The Bertz CT molecular complexity index is 590. The summed E-state index contributed by atoms with van der Waals surface area (Å²) in [4.78, 5) is 10.7. The van der Waals surface area contributed by atoms with Crippen molar-refractivity contribution in [1.82, 2.24) is 9.97 Å². The van der Waals surface area contributed by atoms with Gasteiger partial charge in [0.25, 0.3) is 0 Å². The van der Waals surface area contributed by atoms with Crippen molar-refractivity contribution in [3.63, 3.8) is 0 Å². The van der Waals surface area contributed by atoms with Gasteiger partial charge in [0, 0.05) is 24.2 Å². The summed E-state index contributed by atoms with van der Waals surface area (Å²) in [6.45, 7) is 4.17. The van der Waals surface area contributed by atoms with Crippen molar-refractivity contribution < 1.29 is 4.39 Å². The van der Waals surface area contributed by atoms with Gasteiger partial charge in [0.1, 0.15) is 23.5 Å². The van der Waals surface area contributed by atoms with Crippen molar-refractivity contribution in [2.45, 2.75) is 6.92 Å². The van der Waals surface area contributed by atoms with E-state index in [2.05, 4.69) is 21.8 Å². The quantitative estimate of drug-likeness (QED) is 0.801. The van der Waals surface area contributed by atoms with Gasteiger partial charge >= 0.3 is 0 Å². The predicted octanol–water partition coefficient (Wildman–Crippen LogP) is 2.96. The van der Waals surface area contributed by atoms with Crippen LogP contribution in [0.1, 0.15) is 6.92 Å². The largest absolute Gasteiger partial charge is 0.355 e. The molecule has 0 saturated carbocycles. The second kappa shape index (κ2) is 5.33. The van der Waals surface area contributed by atoms with E-state index in [4.69, 9.17) is 0 Å². The Morgan fingerprint density at radius 1 is 1.37 bits per heavy atom. The molecule has 0 N–H and O–H groups in total. The molecule has 0 aliphatic carbocycles. The van der Waals surface area contributed by atoms with Gasteiger partial charge in [-0.1, -0.05) is 13.0 Å². The Balaban J connectivity index is 2.06. The number of para-hydroxylation sites is 1. The summed E-state index contributed by atoms with van der Waals surface area (Å²) in [7, 11) is 0. The van der Waals surface area contributed by atoms with Crippen LogP contribution in [0.15, 0.2) is 24.5 Å². The first kappa shape index (κ1) is 12.7. The molecule has 1 fully saturated rings. The highest BCUT2D eigenvalue weighted by Gasteiger charge is 2.19. The summed E-state index contributed by atoms with van der Waals surface area (Å²) in [6, 6.07) is 5.07. The topological polar surface area (TPSA) is 29.0 Å². The Hall–Kier alpha value is -1.36. The van der Waals surface area contributed by atoms with Crippen LogP contribution in [0.4, 0.5) is 10.2 Å². The molecule has 1 unspecified atom stereocenters. The molecule has 5 heteroatoms. The number of benzene rings is 1. The second-order valence-electron chi connectivity index (χ2n) is 4.96. The van der Waals surface area contributed by atoms with E-state index in [0.717, 1.165) is 30.0 Å². The standard InChI is InChI=1S/C14H16FN3S/c1-10-7-18(5-6-19-8-10)14-11-3-2-4-12(15)13(11)16-9-17-14/h2-4,9-10H,5-8H2,1H3. The van der Waals surface area contributed by atoms with Gasteiger partial charge in [-0.3, -0.25) is 0 Å². The molecule has 1 aromatic heterocycles. The van der Waals surface area contributed by atoms with Crippen LogP contribution in [0.3, 0.4) is 0 Å². The van der Waals surface area contributed by atoms with E-state index in [9.17, 15) is 4.39 Å². The maximum atomic E-state index is 13.8. The van der Waals surface area contributed by atoms with E-state index < -0.39 is 0 Å². The van der Waals surface area contributed by atoms with E-state index in [1.807, 2.05) is 17.8 Å². The lowest BCUT2D eigenvalue weighted by Crippen LogP contribution is -2.30. The van der Waals surface area contributed by atoms with Gasteiger partial charge in [-0.25, -0.2) is 14.4 Å². The van der Waals surface area contributed by atoms with Gasteiger partial charge in [-0.2, -0.15) is 11.8 Å². The van der Waals surface area contributed by atoms with Crippen LogP contribution in [-0.2, 0) is 0 Å². The van der Waals surface area contributed by atoms with Crippen LogP contribution < -0.4 is 4.90 Å². The number of hydrogen-bond acceptors (Lipinski definition) is 4. The highest BCUT2D eigenvalue weighted by Crippen LogP contribution is 2.27. The highest BCUT2D eigenvalue weighted by molar-refractivity contribution is 7.99. The second-order valence-corrected chi connectivity index (χ2v) is 6.11. The van der Waals surface area contributed by atoms with Crippen molar-refractivity contribution in [3.8, 4) is 0 Å². The minimum atomic E-state index is -0.279. The number of anilines is 1. The predicted molar refractivity (Wildman–Crippen MR) is 78.2 cm³/mol. The fourth-order valence-corrected chi connectivity index (χ4v) is 3.49. The third-order valence-electron chi connectivity index (χ3n) is 3.33. The molecule has 19 heavy (non-hydrogen) atoms. The van der Waals surface area contributed by atoms with Gasteiger partial charge in [-0.15, -0.1) is 0 Å². The van der Waals surface area contributed by atoms with Gasteiger partial charge in [0.05, 0.1) is 0 Å². The van der Waals surface area contributed by atoms with E-state index in [1.165, 1.54) is 18.1 Å². The van der Waals surface area contributed by atoms with E-state index >= 15 is 0 Å². The molecule has 3 nitrogen and oxygen atoms in total. The Labute approximate surface area is 116 Å². The van der Waals surface area contributed by atoms with Crippen LogP contribution in [-0.4, -0.2) is 34.6 Å². The lowest BCUT2D eigenvalue weighted by molar-refractivity contribution is 0.631. The zero-order valence-electron chi connectivity index (χ0n) is 10.8. The van der Waals surface area contributed by atoms with Crippen molar-refractivity contribution in [2.75, 3.05) is 29.5 Å². The van der Waals surface area contributed by atoms with Crippen LogP contribution in [0.2, 0.25) is 0 Å². The smallest absolute Gasteiger partial charge is 0.149 e. The summed E-state index contributed by atoms with van der Waals surface area (Å²) in [5.41, 5.74) is 0.414. The maximum absolute atomic E-state index is 13.8. The summed E-state index contributed by atoms with van der Waals surface area (Å²) in [6.07, 6.45) is 1.46. The lowest BCUT2D eigenvalue weighted by Gasteiger charge is -2.24. The molecule has 1 atom stereocenters. The Morgan fingerprint density at radius 3 is 3.16 bits per heavy atom. The number of hydrogen-bond donors (Lipinski definition) is 0. The number of rotatable bonds is 1. The molecule has 1 aliphatic heterocycles. The van der Waals surface area contributed by atoms with E-state index in [1.54, 1.807) is 6.07 Å². The van der Waals surface area contributed by atoms with Crippen molar-refractivity contribution in [2.24, 2.45) is 5.92 Å². The minimum Gasteiger partial charge on any atom is -0.355 e. The summed E-state index contributed by atoms with van der Waals surface area (Å²) in [5.74, 6) is 3.46. The molecule has 0 radical (unpaired) electrons. The van der Waals surface area contributed by atoms with Gasteiger partial charge in [0.15, 0.2) is 0 Å². The Morgan fingerprint density at radius 2 is 2.26 bits per heavy atom. The normalized spacial score (nSPS) is 20.5. The molecule has 2 heterocycles. The SMILES string of the molecule is CC1CSCCN(c2ncnc3c(F)cccc23)C1. The van der Waals surface area contributed by atoms with Crippen molar-refractivity contribution in [1.29, 1.82) is 0 Å². The third kappa shape index (κ3) is 2.52. The molecule has 0 amide bonds. The summed E-state index contributed by atoms with van der Waals surface area (Å²) < 4.78 is 13.8. The first-order chi connectivity index (χ1) is 9.25. The molecule has 1 aliphatic rings. The summed E-state index contributed by atoms with van der Waals surface area (Å²) >= 11 is 1.97. The van der Waals surface area contributed by atoms with Gasteiger partial charge < -0.3 is 4.90 Å². The number of aromatic nitrogens is 2. The molecule has 100 valence electrons. The molecule has 1 aromatic carbocycles. The fourth-order valence-electron chi connectivity index (χ4n) is 2.46. The first-order valence-electron chi connectivity index (χ1n) is 6.47. The van der Waals surface area contributed by atoms with E-state index in [0.29, 0.717) is 11.4 Å². The number of halogens is 1. The van der Waals surface area contributed by atoms with Crippen LogP contribution >= 0.6 is 11.8 Å². The van der Waals surface area contributed by atoms with Crippen molar-refractivity contribution >= 4 is 28.5 Å². The zero-order valence-corrected chi connectivity index (χ0v) is 11.7. The molecule has 0 spiro atoms. The molecule has 2 aromatic rings.